The van der Waals surface area contributed by atoms with Crippen molar-refractivity contribution in [3.8, 4) is 0 Å². The Morgan fingerprint density at radius 2 is 1.75 bits per heavy atom. The summed E-state index contributed by atoms with van der Waals surface area (Å²) in [5.74, 6) is 0. The molecular weight excluding hydrogens is 357 g/mol. The van der Waals surface area contributed by atoms with E-state index < -0.39 is 0 Å². The first-order valence-corrected chi connectivity index (χ1v) is 5.42. The molecule has 0 aromatic heterocycles. The third-order valence-electron chi connectivity index (χ3n) is 1.74. The van der Waals surface area contributed by atoms with Gasteiger partial charge in [0.05, 0.1) is 0 Å². The smallest absolute Gasteiger partial charge is 1.00 e. The van der Waals surface area contributed by atoms with Crippen molar-refractivity contribution in [3.05, 3.63) is 21.1 Å². The molecule has 1 rings (SSSR count). The second kappa shape index (κ2) is 5.62. The Labute approximate surface area is 102 Å². The van der Waals surface area contributed by atoms with Crippen LogP contribution in [-0.4, -0.2) is 0 Å². The predicted molar refractivity (Wildman–Crippen MR) is 40.2 cm³/mol. The standard InChI is InChI=1S/C9H13.2ClH.Hf/c1-9(2,3)8-6-4-5-7-8;;;/h6-7H,4H2,1-3H3;2*1H;/q;;;+2/p-2. The van der Waals surface area contributed by atoms with Crippen molar-refractivity contribution in [1.82, 2.24) is 0 Å². The van der Waals surface area contributed by atoms with Crippen LogP contribution in [0.1, 0.15) is 27.2 Å². The molecule has 0 saturated carbocycles. The molecule has 12 heavy (non-hydrogen) atoms. The number of rotatable bonds is 0. The van der Waals surface area contributed by atoms with Crippen molar-refractivity contribution in [2.45, 2.75) is 27.2 Å². The van der Waals surface area contributed by atoms with Gasteiger partial charge in [0.1, 0.15) is 0 Å². The fraction of sp³-hybridized carbons (Fsp3) is 0.556. The van der Waals surface area contributed by atoms with E-state index in [1.165, 1.54) is 36.4 Å². The van der Waals surface area contributed by atoms with E-state index in [2.05, 4.69) is 32.9 Å². The van der Waals surface area contributed by atoms with E-state index in [4.69, 9.17) is 0 Å². The van der Waals surface area contributed by atoms with Crippen molar-refractivity contribution < 1.29 is 49.2 Å². The van der Waals surface area contributed by atoms with Gasteiger partial charge in [0, 0.05) is 0 Å². The van der Waals surface area contributed by atoms with Crippen molar-refractivity contribution in [2.24, 2.45) is 5.41 Å². The van der Waals surface area contributed by atoms with Crippen LogP contribution in [0, 0.1) is 5.41 Å². The molecule has 0 aromatic rings. The van der Waals surface area contributed by atoms with E-state index in [1.54, 1.807) is 3.33 Å². The Bertz CT molecular complexity index is 199. The van der Waals surface area contributed by atoms with Gasteiger partial charge in [-0.2, -0.15) is 0 Å². The molecule has 0 aliphatic heterocycles. The van der Waals surface area contributed by atoms with Crippen LogP contribution in [-0.2, 0) is 24.4 Å². The first-order chi connectivity index (χ1) is 4.50. The molecule has 0 unspecified atom stereocenters. The molecule has 1 aliphatic carbocycles. The summed E-state index contributed by atoms with van der Waals surface area (Å²) in [6.45, 7) is 6.82. The van der Waals surface area contributed by atoms with Gasteiger partial charge in [0.25, 0.3) is 0 Å². The zero-order valence-electron chi connectivity index (χ0n) is 7.62. The third kappa shape index (κ3) is 4.25. The van der Waals surface area contributed by atoms with Gasteiger partial charge in [-0.05, 0) is 0 Å². The van der Waals surface area contributed by atoms with Crippen molar-refractivity contribution >= 4 is 0 Å². The largest absolute Gasteiger partial charge is 1.00 e. The first kappa shape index (κ1) is 15.4. The Morgan fingerprint density at radius 3 is 1.92 bits per heavy atom. The van der Waals surface area contributed by atoms with Gasteiger partial charge in [-0.15, -0.1) is 0 Å². The summed E-state index contributed by atoms with van der Waals surface area (Å²) >= 11 is 1.23. The molecule has 0 fully saturated rings. The van der Waals surface area contributed by atoms with E-state index in [0.29, 0.717) is 5.41 Å². The molecule has 0 atom stereocenters. The first-order valence-electron chi connectivity index (χ1n) is 3.63. The third-order valence-corrected chi connectivity index (χ3v) is 2.99. The zero-order valence-corrected chi connectivity index (χ0v) is 12.7. The van der Waals surface area contributed by atoms with Crippen LogP contribution >= 0.6 is 0 Å². The van der Waals surface area contributed by atoms with Crippen LogP contribution < -0.4 is 24.8 Å². The van der Waals surface area contributed by atoms with E-state index in [-0.39, 0.29) is 24.8 Å². The van der Waals surface area contributed by atoms with Gasteiger partial charge in [-0.3, -0.25) is 0 Å². The van der Waals surface area contributed by atoms with Crippen molar-refractivity contribution in [3.63, 3.8) is 0 Å². The van der Waals surface area contributed by atoms with Gasteiger partial charge in [-0.25, -0.2) is 0 Å². The summed E-state index contributed by atoms with van der Waals surface area (Å²) in [4.78, 5) is 0. The minimum absolute atomic E-state index is 0. The summed E-state index contributed by atoms with van der Waals surface area (Å²) in [5.41, 5.74) is 1.89. The number of hydrogen-bond donors (Lipinski definition) is 0. The second-order valence-corrected chi connectivity index (χ2v) is 6.09. The molecule has 0 nitrogen and oxygen atoms in total. The molecule has 0 spiro atoms. The molecule has 67 valence electrons. The summed E-state index contributed by atoms with van der Waals surface area (Å²) in [5, 5.41) is 0. The molecule has 0 aromatic carbocycles. The SMILES string of the molecule is CC(C)(C)C1=CC[C]([Hf+2])=C1.[Cl-].[Cl-]. The second-order valence-electron chi connectivity index (χ2n) is 3.78. The Balaban J connectivity index is 0. The van der Waals surface area contributed by atoms with Crippen LogP contribution in [0.15, 0.2) is 21.1 Å². The topological polar surface area (TPSA) is 0 Å². The van der Waals surface area contributed by atoms with E-state index >= 15 is 0 Å². The van der Waals surface area contributed by atoms with E-state index in [9.17, 15) is 0 Å². The Hall–Kier alpha value is 0.930. The Morgan fingerprint density at radius 1 is 1.25 bits per heavy atom. The number of halogens is 2. The number of hydrogen-bond acceptors (Lipinski definition) is 0. The van der Waals surface area contributed by atoms with E-state index in [0.717, 1.165) is 0 Å². The molecule has 0 heterocycles. The molecule has 0 bridgehead atoms. The molecule has 1 aliphatic rings. The van der Waals surface area contributed by atoms with Crippen LogP contribution in [0.3, 0.4) is 0 Å². The molecule has 0 amide bonds. The van der Waals surface area contributed by atoms with Crippen LogP contribution in [0.25, 0.3) is 0 Å². The van der Waals surface area contributed by atoms with Crippen LogP contribution in [0.5, 0.6) is 0 Å². The fourth-order valence-corrected chi connectivity index (χ4v) is 1.97. The maximum absolute atomic E-state index is 2.37. The molecular formula is C9H13Cl2Hf. The maximum Gasteiger partial charge on any atom is -1.00 e. The van der Waals surface area contributed by atoms with Gasteiger partial charge < -0.3 is 24.8 Å². The fourth-order valence-electron chi connectivity index (χ4n) is 1.05. The summed E-state index contributed by atoms with van der Waals surface area (Å²) in [7, 11) is 0. The average molecular weight is 371 g/mol. The molecule has 0 N–H and O–H groups in total. The maximum atomic E-state index is 2.37. The van der Waals surface area contributed by atoms with Crippen LogP contribution in [0.4, 0.5) is 0 Å². The minimum Gasteiger partial charge on any atom is -1.00 e. The minimum atomic E-state index is 0. The Kier molecular flexibility index (Phi) is 7.21. The molecule has 0 saturated heterocycles. The summed E-state index contributed by atoms with van der Waals surface area (Å²) < 4.78 is 1.63. The van der Waals surface area contributed by atoms with Gasteiger partial charge in [0.2, 0.25) is 0 Å². The normalized spacial score (nSPS) is 15.8. The summed E-state index contributed by atoms with van der Waals surface area (Å²) in [6, 6.07) is 0. The van der Waals surface area contributed by atoms with E-state index in [1.807, 2.05) is 0 Å². The monoisotopic (exact) mass is 371 g/mol. The van der Waals surface area contributed by atoms with Crippen molar-refractivity contribution in [1.29, 1.82) is 0 Å². The number of allylic oxidation sites excluding steroid dienone is 4. The predicted octanol–water partition coefficient (Wildman–Crippen LogP) is -3.20. The quantitative estimate of drug-likeness (QED) is 0.394. The average Bonchev–Trinajstić information content (AvgIpc) is 2.11. The molecule has 3 heteroatoms. The zero-order chi connectivity index (χ0) is 7.78. The van der Waals surface area contributed by atoms with Gasteiger partial charge in [0.15, 0.2) is 0 Å². The van der Waals surface area contributed by atoms with Gasteiger partial charge in [-0.1, -0.05) is 0 Å². The summed E-state index contributed by atoms with van der Waals surface area (Å²) in [6.07, 6.45) is 5.95. The van der Waals surface area contributed by atoms with Crippen LogP contribution in [0.2, 0.25) is 0 Å². The molecule has 0 radical (unpaired) electrons. The van der Waals surface area contributed by atoms with Crippen molar-refractivity contribution in [2.75, 3.05) is 0 Å². The van der Waals surface area contributed by atoms with Gasteiger partial charge >= 0.3 is 78.0 Å².